The van der Waals surface area contributed by atoms with Gasteiger partial charge in [0.25, 0.3) is 0 Å². The second kappa shape index (κ2) is 10.6. The van der Waals surface area contributed by atoms with Crippen molar-refractivity contribution in [3.63, 3.8) is 0 Å². The molecule has 0 heterocycles. The number of halogens is 1. The SMILES string of the molecule is CCCC#CCCCCC#CBr. The van der Waals surface area contributed by atoms with Crippen LogP contribution in [0.25, 0.3) is 0 Å². The molecule has 12 heavy (non-hydrogen) atoms. The summed E-state index contributed by atoms with van der Waals surface area (Å²) in [5, 5.41) is 0. The smallest absolute Gasteiger partial charge is 0.0106 e. The molecule has 0 nitrogen and oxygen atoms in total. The van der Waals surface area contributed by atoms with Gasteiger partial charge >= 0.3 is 0 Å². The van der Waals surface area contributed by atoms with Gasteiger partial charge in [0.1, 0.15) is 0 Å². The van der Waals surface area contributed by atoms with Crippen LogP contribution >= 0.6 is 15.9 Å². The molecule has 0 fully saturated rings. The predicted octanol–water partition coefficient (Wildman–Crippen LogP) is 3.71. The van der Waals surface area contributed by atoms with Crippen LogP contribution in [0.4, 0.5) is 0 Å². The van der Waals surface area contributed by atoms with E-state index >= 15 is 0 Å². The third-order valence-corrected chi connectivity index (χ3v) is 1.70. The zero-order chi connectivity index (χ0) is 9.07. The van der Waals surface area contributed by atoms with E-state index in [-0.39, 0.29) is 0 Å². The largest absolute Gasteiger partial charge is 0.103 e. The average Bonchev–Trinajstić information content (AvgIpc) is 2.10. The number of rotatable bonds is 4. The highest BCUT2D eigenvalue weighted by molar-refractivity contribution is 9.12. The van der Waals surface area contributed by atoms with Crippen LogP contribution in [-0.4, -0.2) is 0 Å². The first kappa shape index (κ1) is 11.6. The minimum absolute atomic E-state index is 0.987. The maximum Gasteiger partial charge on any atom is 0.0106 e. The van der Waals surface area contributed by atoms with E-state index in [2.05, 4.69) is 45.4 Å². The first-order valence-corrected chi connectivity index (χ1v) is 5.25. The van der Waals surface area contributed by atoms with Gasteiger partial charge < -0.3 is 0 Å². The molecule has 0 unspecified atom stereocenters. The standard InChI is InChI=1S/C11H15Br/c1-2-3-4-5-6-7-8-9-10-11-12/h2-3,6-9H2,1H3. The average molecular weight is 227 g/mol. The molecular formula is C11H15Br. The molecule has 0 aliphatic heterocycles. The summed E-state index contributed by atoms with van der Waals surface area (Å²) in [6.45, 7) is 2.15. The Morgan fingerprint density at radius 1 is 0.917 bits per heavy atom. The van der Waals surface area contributed by atoms with Gasteiger partial charge in [0, 0.05) is 35.2 Å². The molecule has 0 saturated heterocycles. The second-order valence-corrected chi connectivity index (χ2v) is 2.98. The highest BCUT2D eigenvalue weighted by Gasteiger charge is 1.82. The van der Waals surface area contributed by atoms with Gasteiger partial charge in [-0.15, -0.1) is 11.8 Å². The van der Waals surface area contributed by atoms with Gasteiger partial charge in [0.05, 0.1) is 0 Å². The lowest BCUT2D eigenvalue weighted by Gasteiger charge is -1.88. The van der Waals surface area contributed by atoms with Crippen molar-refractivity contribution in [3.8, 4) is 22.6 Å². The fraction of sp³-hybridized carbons (Fsp3) is 0.636. The maximum atomic E-state index is 3.15. The van der Waals surface area contributed by atoms with E-state index in [1.807, 2.05) is 0 Å². The van der Waals surface area contributed by atoms with Crippen molar-refractivity contribution in [2.75, 3.05) is 0 Å². The van der Waals surface area contributed by atoms with Crippen LogP contribution in [0.15, 0.2) is 0 Å². The Hall–Kier alpha value is -0.400. The van der Waals surface area contributed by atoms with Crippen LogP contribution in [0.5, 0.6) is 0 Å². The fourth-order valence-electron chi connectivity index (χ4n) is 0.776. The van der Waals surface area contributed by atoms with Crippen LogP contribution in [0.1, 0.15) is 45.4 Å². The molecule has 0 atom stereocenters. The Balaban J connectivity index is 3.09. The number of unbranched alkanes of at least 4 members (excludes halogenated alkanes) is 4. The first-order valence-electron chi connectivity index (χ1n) is 4.46. The van der Waals surface area contributed by atoms with Gasteiger partial charge in [-0.25, -0.2) is 0 Å². The number of hydrogen-bond acceptors (Lipinski definition) is 0. The summed E-state index contributed by atoms with van der Waals surface area (Å²) in [7, 11) is 0. The van der Waals surface area contributed by atoms with Gasteiger partial charge in [-0.3, -0.25) is 0 Å². The van der Waals surface area contributed by atoms with Crippen LogP contribution in [0.2, 0.25) is 0 Å². The lowest BCUT2D eigenvalue weighted by atomic mass is 10.2. The molecule has 0 aliphatic carbocycles. The van der Waals surface area contributed by atoms with Gasteiger partial charge in [-0.1, -0.05) is 12.8 Å². The van der Waals surface area contributed by atoms with Gasteiger partial charge in [-0.2, -0.15) is 0 Å². The van der Waals surface area contributed by atoms with E-state index in [1.165, 1.54) is 19.3 Å². The highest BCUT2D eigenvalue weighted by atomic mass is 79.9. The maximum absolute atomic E-state index is 3.15. The predicted molar refractivity (Wildman–Crippen MR) is 57.9 cm³/mol. The summed E-state index contributed by atoms with van der Waals surface area (Å²) in [6, 6.07) is 0. The molecular weight excluding hydrogens is 212 g/mol. The fourth-order valence-corrected chi connectivity index (χ4v) is 0.974. The van der Waals surface area contributed by atoms with Crippen molar-refractivity contribution in [1.82, 2.24) is 0 Å². The lowest BCUT2D eigenvalue weighted by Crippen LogP contribution is -1.72. The van der Waals surface area contributed by atoms with Gasteiger partial charge in [-0.05, 0) is 24.1 Å². The molecule has 66 valence electrons. The zero-order valence-electron chi connectivity index (χ0n) is 7.62. The van der Waals surface area contributed by atoms with Crippen molar-refractivity contribution in [1.29, 1.82) is 0 Å². The van der Waals surface area contributed by atoms with Crippen molar-refractivity contribution in [3.05, 3.63) is 0 Å². The minimum Gasteiger partial charge on any atom is -0.103 e. The summed E-state index contributed by atoms with van der Waals surface area (Å²) in [4.78, 5) is 2.71. The molecule has 0 radical (unpaired) electrons. The van der Waals surface area contributed by atoms with E-state index in [9.17, 15) is 0 Å². The van der Waals surface area contributed by atoms with E-state index in [4.69, 9.17) is 0 Å². The quantitative estimate of drug-likeness (QED) is 0.507. The van der Waals surface area contributed by atoms with E-state index in [0.717, 1.165) is 19.3 Å². The summed E-state index contributed by atoms with van der Waals surface area (Å²) in [5.74, 6) is 9.25. The minimum atomic E-state index is 0.987. The molecule has 0 aromatic heterocycles. The van der Waals surface area contributed by atoms with Crippen molar-refractivity contribution >= 4 is 15.9 Å². The summed E-state index contributed by atoms with van der Waals surface area (Å²) >= 11 is 3.06. The van der Waals surface area contributed by atoms with Crippen molar-refractivity contribution in [2.24, 2.45) is 0 Å². The van der Waals surface area contributed by atoms with Crippen molar-refractivity contribution < 1.29 is 0 Å². The molecule has 0 bridgehead atoms. The zero-order valence-corrected chi connectivity index (χ0v) is 9.21. The van der Waals surface area contributed by atoms with Crippen LogP contribution in [0, 0.1) is 22.6 Å². The molecule has 0 aliphatic rings. The van der Waals surface area contributed by atoms with Crippen LogP contribution in [0.3, 0.4) is 0 Å². The molecule has 1 heteroatoms. The molecule has 0 rings (SSSR count). The van der Waals surface area contributed by atoms with E-state index in [0.29, 0.717) is 0 Å². The van der Waals surface area contributed by atoms with Crippen molar-refractivity contribution in [2.45, 2.75) is 45.4 Å². The Morgan fingerprint density at radius 2 is 1.50 bits per heavy atom. The normalized spacial score (nSPS) is 7.83. The summed E-state index contributed by atoms with van der Waals surface area (Å²) in [5.41, 5.74) is 0. The third-order valence-electron chi connectivity index (χ3n) is 1.42. The molecule has 0 N–H and O–H groups in total. The van der Waals surface area contributed by atoms with Gasteiger partial charge in [0.2, 0.25) is 0 Å². The van der Waals surface area contributed by atoms with Crippen LogP contribution < -0.4 is 0 Å². The highest BCUT2D eigenvalue weighted by Crippen LogP contribution is 1.97. The molecule has 0 aromatic rings. The summed E-state index contributed by atoms with van der Waals surface area (Å²) < 4.78 is 0. The monoisotopic (exact) mass is 226 g/mol. The third kappa shape index (κ3) is 9.60. The molecule has 0 saturated carbocycles. The van der Waals surface area contributed by atoms with E-state index in [1.54, 1.807) is 0 Å². The second-order valence-electron chi connectivity index (χ2n) is 2.58. The first-order chi connectivity index (χ1) is 5.91. The lowest BCUT2D eigenvalue weighted by molar-refractivity contribution is 0.782. The number of hydrogen-bond donors (Lipinski definition) is 0. The topological polar surface area (TPSA) is 0 Å². The summed E-state index contributed by atoms with van der Waals surface area (Å²) in [6.07, 6.45) is 6.58. The Kier molecular flexibility index (Phi) is 10.2. The van der Waals surface area contributed by atoms with Crippen LogP contribution in [-0.2, 0) is 0 Å². The molecule has 0 aromatic carbocycles. The molecule has 0 amide bonds. The Bertz CT molecular complexity index is 197. The van der Waals surface area contributed by atoms with Gasteiger partial charge in [0.15, 0.2) is 0 Å². The Morgan fingerprint density at radius 3 is 2.08 bits per heavy atom. The molecule has 0 spiro atoms. The Labute approximate surface area is 84.3 Å². The van der Waals surface area contributed by atoms with E-state index < -0.39 is 0 Å².